The van der Waals surface area contributed by atoms with Crippen LogP contribution in [0.3, 0.4) is 0 Å². The molecular formula is C15H29NO4. The highest BCUT2D eigenvalue weighted by Crippen LogP contribution is 2.21. The lowest BCUT2D eigenvalue weighted by molar-refractivity contribution is -0.143. The first kappa shape index (κ1) is 18.7. The molecule has 5 nitrogen and oxygen atoms in total. The average Bonchev–Trinajstić information content (AvgIpc) is 2.30. The number of carboxylic acids is 1. The molecule has 0 heterocycles. The van der Waals surface area contributed by atoms with Crippen molar-refractivity contribution in [3.05, 3.63) is 0 Å². The average molecular weight is 287 g/mol. The number of aliphatic carboxylic acids is 1. The van der Waals surface area contributed by atoms with Crippen LogP contribution in [-0.2, 0) is 9.53 Å². The Hall–Kier alpha value is -1.26. The van der Waals surface area contributed by atoms with Crippen molar-refractivity contribution in [3.8, 4) is 0 Å². The molecule has 5 heteroatoms. The summed E-state index contributed by atoms with van der Waals surface area (Å²) in [4.78, 5) is 22.5. The van der Waals surface area contributed by atoms with Crippen molar-refractivity contribution in [3.63, 3.8) is 0 Å². The maximum atomic E-state index is 11.4. The molecule has 2 N–H and O–H groups in total. The zero-order valence-electron chi connectivity index (χ0n) is 13.4. The maximum absolute atomic E-state index is 11.4. The van der Waals surface area contributed by atoms with Gasteiger partial charge in [0.2, 0.25) is 0 Å². The van der Waals surface area contributed by atoms with E-state index in [0.717, 1.165) is 19.3 Å². The van der Waals surface area contributed by atoms with Crippen LogP contribution in [0.4, 0.5) is 4.79 Å². The fourth-order valence-electron chi connectivity index (χ4n) is 1.93. The van der Waals surface area contributed by atoms with Crippen molar-refractivity contribution in [2.24, 2.45) is 11.8 Å². The van der Waals surface area contributed by atoms with Gasteiger partial charge in [-0.05, 0) is 39.5 Å². The lowest BCUT2D eigenvalue weighted by Crippen LogP contribution is -2.33. The van der Waals surface area contributed by atoms with Crippen molar-refractivity contribution in [1.29, 1.82) is 0 Å². The summed E-state index contributed by atoms with van der Waals surface area (Å²) in [5, 5.41) is 11.8. The van der Waals surface area contributed by atoms with Crippen molar-refractivity contribution >= 4 is 12.1 Å². The molecule has 2 unspecified atom stereocenters. The molecule has 118 valence electrons. The largest absolute Gasteiger partial charge is 0.481 e. The molecule has 0 aromatic heterocycles. The van der Waals surface area contributed by atoms with Crippen molar-refractivity contribution in [2.45, 2.75) is 65.9 Å². The minimum absolute atomic E-state index is 0.186. The molecule has 0 aliphatic heterocycles. The molecule has 2 atom stereocenters. The molecule has 0 rings (SSSR count). The van der Waals surface area contributed by atoms with Crippen LogP contribution in [0.1, 0.15) is 60.3 Å². The van der Waals surface area contributed by atoms with E-state index in [2.05, 4.69) is 5.32 Å². The predicted octanol–water partition coefficient (Wildman–Crippen LogP) is 3.43. The number of carbonyl (C=O) groups excluding carboxylic acids is 1. The normalized spacial score (nSPS) is 14.4. The van der Waals surface area contributed by atoms with Gasteiger partial charge >= 0.3 is 12.1 Å². The first-order valence-corrected chi connectivity index (χ1v) is 7.37. The molecule has 0 aliphatic carbocycles. The summed E-state index contributed by atoms with van der Waals surface area (Å²) in [6, 6.07) is 0. The number of nitrogens with one attached hydrogen (secondary N) is 1. The zero-order chi connectivity index (χ0) is 15.8. The first-order valence-electron chi connectivity index (χ1n) is 7.37. The van der Waals surface area contributed by atoms with Crippen LogP contribution >= 0.6 is 0 Å². The summed E-state index contributed by atoms with van der Waals surface area (Å²) in [7, 11) is 0. The number of hydrogen-bond donors (Lipinski definition) is 2. The highest BCUT2D eigenvalue weighted by atomic mass is 16.6. The Bertz CT molecular complexity index is 309. The highest BCUT2D eigenvalue weighted by Gasteiger charge is 2.22. The van der Waals surface area contributed by atoms with Crippen LogP contribution in [-0.4, -0.2) is 29.3 Å². The minimum Gasteiger partial charge on any atom is -0.481 e. The zero-order valence-corrected chi connectivity index (χ0v) is 13.4. The summed E-state index contributed by atoms with van der Waals surface area (Å²) in [5.74, 6) is -0.827. The Kier molecular flexibility index (Phi) is 8.26. The molecule has 0 saturated carbocycles. The van der Waals surface area contributed by atoms with Gasteiger partial charge in [-0.25, -0.2) is 4.79 Å². The van der Waals surface area contributed by atoms with Gasteiger partial charge < -0.3 is 15.2 Å². The molecule has 20 heavy (non-hydrogen) atoms. The Morgan fingerprint density at radius 2 is 1.85 bits per heavy atom. The number of rotatable bonds is 8. The summed E-state index contributed by atoms with van der Waals surface area (Å²) in [6.07, 6.45) is 2.65. The Balaban J connectivity index is 3.85. The van der Waals surface area contributed by atoms with Gasteiger partial charge in [0, 0.05) is 6.54 Å². The summed E-state index contributed by atoms with van der Waals surface area (Å²) >= 11 is 0. The van der Waals surface area contributed by atoms with Gasteiger partial charge in [-0.15, -0.1) is 0 Å². The number of alkyl carbamates (subject to hydrolysis) is 1. The number of carbonyl (C=O) groups is 2. The second kappa shape index (κ2) is 8.82. The van der Waals surface area contributed by atoms with E-state index in [-0.39, 0.29) is 11.8 Å². The maximum Gasteiger partial charge on any atom is 0.407 e. The number of unbranched alkanes of at least 4 members (excludes halogenated alkanes) is 1. The van der Waals surface area contributed by atoms with Crippen LogP contribution in [0.25, 0.3) is 0 Å². The lowest BCUT2D eigenvalue weighted by Gasteiger charge is -2.20. The lowest BCUT2D eigenvalue weighted by atomic mass is 9.87. The Morgan fingerprint density at radius 1 is 1.25 bits per heavy atom. The van der Waals surface area contributed by atoms with Crippen LogP contribution in [0.15, 0.2) is 0 Å². The third kappa shape index (κ3) is 8.77. The van der Waals surface area contributed by atoms with Crippen molar-refractivity contribution in [2.75, 3.05) is 6.54 Å². The van der Waals surface area contributed by atoms with Gasteiger partial charge in [-0.1, -0.05) is 26.7 Å². The molecule has 0 aliphatic rings. The highest BCUT2D eigenvalue weighted by molar-refractivity contribution is 5.70. The molecule has 0 aromatic carbocycles. The standard InChI is InChI=1S/C15H29NO4/c1-6-11(2)12(13(17)18)9-7-8-10-16-14(19)20-15(3,4)5/h11-12H,6-10H2,1-5H3,(H,16,19)(H,17,18). The molecule has 0 spiro atoms. The summed E-state index contributed by atoms with van der Waals surface area (Å²) in [5.41, 5.74) is -0.491. The van der Waals surface area contributed by atoms with Crippen molar-refractivity contribution in [1.82, 2.24) is 5.32 Å². The van der Waals surface area contributed by atoms with E-state index in [0.29, 0.717) is 13.0 Å². The second-order valence-electron chi connectivity index (χ2n) is 6.25. The monoisotopic (exact) mass is 287 g/mol. The number of ether oxygens (including phenoxy) is 1. The van der Waals surface area contributed by atoms with Crippen LogP contribution in [0.5, 0.6) is 0 Å². The molecule has 0 bridgehead atoms. The smallest absolute Gasteiger partial charge is 0.407 e. The number of amides is 1. The van der Waals surface area contributed by atoms with Crippen LogP contribution < -0.4 is 5.32 Å². The van der Waals surface area contributed by atoms with Gasteiger partial charge in [-0.2, -0.15) is 0 Å². The van der Waals surface area contributed by atoms with Gasteiger partial charge in [0.15, 0.2) is 0 Å². The Morgan fingerprint density at radius 3 is 2.30 bits per heavy atom. The van der Waals surface area contributed by atoms with E-state index in [1.807, 2.05) is 34.6 Å². The molecular weight excluding hydrogens is 258 g/mol. The van der Waals surface area contributed by atoms with Crippen LogP contribution in [0.2, 0.25) is 0 Å². The predicted molar refractivity (Wildman–Crippen MR) is 78.7 cm³/mol. The second-order valence-corrected chi connectivity index (χ2v) is 6.25. The van der Waals surface area contributed by atoms with Crippen LogP contribution in [0, 0.1) is 11.8 Å². The molecule has 0 radical (unpaired) electrons. The molecule has 0 aromatic rings. The Labute approximate surface area is 122 Å². The third-order valence-corrected chi connectivity index (χ3v) is 3.26. The third-order valence-electron chi connectivity index (χ3n) is 3.26. The fraction of sp³-hybridized carbons (Fsp3) is 0.867. The molecule has 1 amide bonds. The molecule has 0 saturated heterocycles. The summed E-state index contributed by atoms with van der Waals surface area (Å²) in [6.45, 7) is 9.94. The van der Waals surface area contributed by atoms with Gasteiger partial charge in [0.25, 0.3) is 0 Å². The topological polar surface area (TPSA) is 75.6 Å². The fourth-order valence-corrected chi connectivity index (χ4v) is 1.93. The molecule has 0 fully saturated rings. The SMILES string of the molecule is CCC(C)C(CCCCNC(=O)OC(C)(C)C)C(=O)O. The number of carboxylic acid groups (broad SMARTS) is 1. The number of hydrogen-bond acceptors (Lipinski definition) is 3. The van der Waals surface area contributed by atoms with Gasteiger partial charge in [-0.3, -0.25) is 4.79 Å². The minimum atomic E-state index is -0.723. The van der Waals surface area contributed by atoms with E-state index in [4.69, 9.17) is 9.84 Å². The van der Waals surface area contributed by atoms with E-state index >= 15 is 0 Å². The van der Waals surface area contributed by atoms with Crippen molar-refractivity contribution < 1.29 is 19.4 Å². The quantitative estimate of drug-likeness (QED) is 0.671. The van der Waals surface area contributed by atoms with E-state index in [1.54, 1.807) is 0 Å². The van der Waals surface area contributed by atoms with Gasteiger partial charge in [0.1, 0.15) is 5.60 Å². The van der Waals surface area contributed by atoms with E-state index < -0.39 is 17.7 Å². The summed E-state index contributed by atoms with van der Waals surface area (Å²) < 4.78 is 5.12. The van der Waals surface area contributed by atoms with Gasteiger partial charge in [0.05, 0.1) is 5.92 Å². The van der Waals surface area contributed by atoms with E-state index in [9.17, 15) is 9.59 Å². The van der Waals surface area contributed by atoms with E-state index in [1.165, 1.54) is 0 Å². The first-order chi connectivity index (χ1) is 9.17.